The molecule has 0 spiro atoms. The second-order valence-electron chi connectivity index (χ2n) is 7.05. The molecule has 8 heteroatoms. The summed E-state index contributed by atoms with van der Waals surface area (Å²) in [6.07, 6.45) is 1.34. The quantitative estimate of drug-likeness (QED) is 0.910. The van der Waals surface area contributed by atoms with Crippen LogP contribution >= 0.6 is 0 Å². The summed E-state index contributed by atoms with van der Waals surface area (Å²) >= 11 is 0. The Kier molecular flexibility index (Phi) is 6.01. The maximum absolute atomic E-state index is 12.3. The fourth-order valence-corrected chi connectivity index (χ4v) is 2.64. The summed E-state index contributed by atoms with van der Waals surface area (Å²) in [6, 6.07) is 1.85. The third-order valence-corrected chi connectivity index (χ3v) is 3.70. The first-order valence-electron chi connectivity index (χ1n) is 8.29. The minimum Gasteiger partial charge on any atom is -0.444 e. The molecule has 1 N–H and O–H groups in total. The molecule has 6 nitrogen and oxygen atoms in total. The molecule has 1 amide bonds. The van der Waals surface area contributed by atoms with Crippen molar-refractivity contribution in [3.8, 4) is 0 Å². The van der Waals surface area contributed by atoms with Crippen molar-refractivity contribution in [2.45, 2.75) is 64.6 Å². The molecule has 1 fully saturated rings. The second-order valence-corrected chi connectivity index (χ2v) is 7.05. The molecule has 1 atom stereocenters. The van der Waals surface area contributed by atoms with Gasteiger partial charge in [0.05, 0.1) is 0 Å². The van der Waals surface area contributed by atoms with Crippen LogP contribution in [-0.4, -0.2) is 51.9 Å². The first kappa shape index (κ1) is 18.5. The second kappa shape index (κ2) is 7.81. The number of ether oxygens (including phenoxy) is 1. The Balaban J connectivity index is 1.84. The zero-order chi connectivity index (χ0) is 17.7. The molecule has 136 valence electrons. The van der Waals surface area contributed by atoms with Crippen LogP contribution in [0.1, 0.15) is 40.0 Å². The van der Waals surface area contributed by atoms with E-state index in [1.807, 2.05) is 20.8 Å². The summed E-state index contributed by atoms with van der Waals surface area (Å²) in [5.41, 5.74) is -0.501. The number of likely N-dealkylation sites (tertiary alicyclic amines) is 1. The number of alkyl halides is 2. The number of rotatable bonds is 4. The van der Waals surface area contributed by atoms with E-state index in [9.17, 15) is 13.6 Å². The number of aromatic nitrogens is 2. The van der Waals surface area contributed by atoms with Crippen molar-refractivity contribution in [2.75, 3.05) is 18.4 Å². The van der Waals surface area contributed by atoms with Crippen LogP contribution in [0.2, 0.25) is 0 Å². The minimum atomic E-state index is -2.42. The highest BCUT2D eigenvalue weighted by Crippen LogP contribution is 2.18. The molecule has 1 aromatic heterocycles. The van der Waals surface area contributed by atoms with Gasteiger partial charge in [-0.1, -0.05) is 0 Å². The Morgan fingerprint density at radius 2 is 2.17 bits per heavy atom. The number of anilines is 1. The first-order valence-corrected chi connectivity index (χ1v) is 8.29. The van der Waals surface area contributed by atoms with E-state index < -0.39 is 18.6 Å². The minimum absolute atomic E-state index is 0.160. The Bertz CT molecular complexity index is 542. The van der Waals surface area contributed by atoms with Crippen molar-refractivity contribution in [2.24, 2.45) is 0 Å². The monoisotopic (exact) mass is 344 g/mol. The van der Waals surface area contributed by atoms with Crippen molar-refractivity contribution in [3.63, 3.8) is 0 Å². The highest BCUT2D eigenvalue weighted by atomic mass is 19.3. The fourth-order valence-electron chi connectivity index (χ4n) is 2.64. The third-order valence-electron chi connectivity index (χ3n) is 3.70. The predicted octanol–water partition coefficient (Wildman–Crippen LogP) is 3.35. The number of amides is 1. The van der Waals surface area contributed by atoms with Gasteiger partial charge in [-0.3, -0.25) is 4.68 Å². The number of nitrogens with one attached hydrogen (secondary N) is 1. The van der Waals surface area contributed by atoms with E-state index in [1.165, 1.54) is 10.9 Å². The lowest BCUT2D eigenvalue weighted by Gasteiger charge is -2.26. The Morgan fingerprint density at radius 3 is 2.83 bits per heavy atom. The van der Waals surface area contributed by atoms with Crippen LogP contribution < -0.4 is 5.32 Å². The molecule has 0 bridgehead atoms. The van der Waals surface area contributed by atoms with Crippen molar-refractivity contribution in [3.05, 3.63) is 12.3 Å². The van der Waals surface area contributed by atoms with E-state index in [2.05, 4.69) is 10.4 Å². The number of carbonyl (C=O) groups is 1. The molecule has 1 saturated heterocycles. The standard InChI is InChI=1S/C16H26F2N4O2/c1-16(2,3)24-15(23)21-8-4-5-12(6-9-21)19-14-7-10-22(20-14)11-13(17)18/h7,10,12-13H,4-6,8-9,11H2,1-3H3,(H,19,20)/t12-/m0/s1. The molecule has 2 heterocycles. The number of hydrogen-bond donors (Lipinski definition) is 1. The van der Waals surface area contributed by atoms with Gasteiger partial charge in [0.25, 0.3) is 6.43 Å². The predicted molar refractivity (Wildman–Crippen MR) is 87.3 cm³/mol. The van der Waals surface area contributed by atoms with Crippen molar-refractivity contribution in [1.82, 2.24) is 14.7 Å². The van der Waals surface area contributed by atoms with Crippen LogP contribution in [-0.2, 0) is 11.3 Å². The topological polar surface area (TPSA) is 59.4 Å². The summed E-state index contributed by atoms with van der Waals surface area (Å²) in [7, 11) is 0. The lowest BCUT2D eigenvalue weighted by Crippen LogP contribution is -2.37. The molecule has 1 aliphatic rings. The van der Waals surface area contributed by atoms with E-state index in [0.717, 1.165) is 19.3 Å². The largest absolute Gasteiger partial charge is 0.444 e. The van der Waals surface area contributed by atoms with Crippen LogP contribution in [0.15, 0.2) is 12.3 Å². The normalized spacial score (nSPS) is 19.2. The first-order chi connectivity index (χ1) is 11.2. The maximum atomic E-state index is 12.3. The molecule has 0 radical (unpaired) electrons. The molecular formula is C16H26F2N4O2. The molecule has 0 aliphatic carbocycles. The van der Waals surface area contributed by atoms with Gasteiger partial charge in [-0.2, -0.15) is 5.10 Å². The maximum Gasteiger partial charge on any atom is 0.410 e. The van der Waals surface area contributed by atoms with E-state index in [0.29, 0.717) is 18.9 Å². The molecule has 1 aromatic rings. The number of halogens is 2. The van der Waals surface area contributed by atoms with Gasteiger partial charge in [-0.25, -0.2) is 13.6 Å². The molecule has 2 rings (SSSR count). The van der Waals surface area contributed by atoms with Crippen LogP contribution in [0.25, 0.3) is 0 Å². The number of nitrogens with zero attached hydrogens (tertiary/aromatic N) is 3. The SMILES string of the molecule is CC(C)(C)OC(=O)N1CCC[C@H](Nc2ccn(CC(F)F)n2)CC1. The van der Waals surface area contributed by atoms with Gasteiger partial charge >= 0.3 is 6.09 Å². The molecule has 0 saturated carbocycles. The van der Waals surface area contributed by atoms with Crippen LogP contribution in [0, 0.1) is 0 Å². The number of hydrogen-bond acceptors (Lipinski definition) is 4. The molecule has 24 heavy (non-hydrogen) atoms. The van der Waals surface area contributed by atoms with E-state index in [1.54, 1.807) is 11.0 Å². The summed E-state index contributed by atoms with van der Waals surface area (Å²) in [5.74, 6) is 0.589. The average molecular weight is 344 g/mol. The molecule has 0 aromatic carbocycles. The van der Waals surface area contributed by atoms with E-state index in [-0.39, 0.29) is 12.1 Å². The van der Waals surface area contributed by atoms with E-state index >= 15 is 0 Å². The summed E-state index contributed by atoms with van der Waals surface area (Å²) in [4.78, 5) is 13.9. The van der Waals surface area contributed by atoms with Crippen molar-refractivity contribution < 1.29 is 18.3 Å². The van der Waals surface area contributed by atoms with Crippen LogP contribution in [0.3, 0.4) is 0 Å². The van der Waals surface area contributed by atoms with Crippen molar-refractivity contribution >= 4 is 11.9 Å². The Labute approximate surface area is 141 Å². The van der Waals surface area contributed by atoms with E-state index in [4.69, 9.17) is 4.74 Å². The zero-order valence-corrected chi connectivity index (χ0v) is 14.5. The highest BCUT2D eigenvalue weighted by Gasteiger charge is 2.25. The lowest BCUT2D eigenvalue weighted by atomic mass is 10.1. The molecular weight excluding hydrogens is 318 g/mol. The summed E-state index contributed by atoms with van der Waals surface area (Å²) in [5, 5.41) is 7.36. The average Bonchev–Trinajstić information content (AvgIpc) is 2.72. The highest BCUT2D eigenvalue weighted by molar-refractivity contribution is 5.68. The fraction of sp³-hybridized carbons (Fsp3) is 0.750. The summed E-state index contributed by atoms with van der Waals surface area (Å²) in [6.45, 7) is 6.41. The van der Waals surface area contributed by atoms with Crippen molar-refractivity contribution in [1.29, 1.82) is 0 Å². The lowest BCUT2D eigenvalue weighted by molar-refractivity contribution is 0.0256. The van der Waals surface area contributed by atoms with Crippen LogP contribution in [0.4, 0.5) is 19.4 Å². The van der Waals surface area contributed by atoms with Gasteiger partial charge in [-0.05, 0) is 40.0 Å². The number of carbonyl (C=O) groups excluding carboxylic acids is 1. The van der Waals surface area contributed by atoms with Gasteiger partial charge in [-0.15, -0.1) is 0 Å². The van der Waals surface area contributed by atoms with Crippen LogP contribution in [0.5, 0.6) is 0 Å². The molecule has 1 aliphatic heterocycles. The smallest absolute Gasteiger partial charge is 0.410 e. The Hall–Kier alpha value is -1.86. The summed E-state index contributed by atoms with van der Waals surface area (Å²) < 4.78 is 31.3. The zero-order valence-electron chi connectivity index (χ0n) is 14.5. The Morgan fingerprint density at radius 1 is 1.42 bits per heavy atom. The third kappa shape index (κ3) is 5.98. The van der Waals surface area contributed by atoms with Gasteiger partial charge in [0.2, 0.25) is 0 Å². The molecule has 0 unspecified atom stereocenters. The van der Waals surface area contributed by atoms with Gasteiger partial charge < -0.3 is 15.0 Å². The van der Waals surface area contributed by atoms with Gasteiger partial charge in [0.1, 0.15) is 18.0 Å². The van der Waals surface area contributed by atoms with Gasteiger partial charge in [0.15, 0.2) is 0 Å². The van der Waals surface area contributed by atoms with Gasteiger partial charge in [0, 0.05) is 31.4 Å².